The third-order valence-electron chi connectivity index (χ3n) is 5.96. The Kier molecular flexibility index (Phi) is 5.60. The summed E-state index contributed by atoms with van der Waals surface area (Å²) in [5.74, 6) is -0.433. The summed E-state index contributed by atoms with van der Waals surface area (Å²) in [6.07, 6.45) is 6.07. The van der Waals surface area contributed by atoms with Crippen LogP contribution >= 0.6 is 11.6 Å². The van der Waals surface area contributed by atoms with E-state index in [1.165, 1.54) is 10.2 Å². The van der Waals surface area contributed by atoms with Gasteiger partial charge in [-0.3, -0.25) is 9.78 Å². The zero-order valence-electron chi connectivity index (χ0n) is 17.9. The molecule has 9 heteroatoms. The fourth-order valence-electron chi connectivity index (χ4n) is 4.42. The molecule has 0 spiro atoms. The highest BCUT2D eigenvalue weighted by Gasteiger charge is 2.23. The van der Waals surface area contributed by atoms with Gasteiger partial charge in [0.05, 0.1) is 5.52 Å². The van der Waals surface area contributed by atoms with Gasteiger partial charge in [0.2, 0.25) is 5.88 Å². The number of nitrogens with two attached hydrogens (primary N) is 1. The number of fused-ring (bicyclic) bond motifs is 2. The number of carbonyl (C=O) groups excluding carboxylic acids is 1. The first-order valence-corrected chi connectivity index (χ1v) is 11.3. The largest absolute Gasteiger partial charge is 0.493 e. The van der Waals surface area contributed by atoms with E-state index in [1.54, 1.807) is 24.4 Å². The summed E-state index contributed by atoms with van der Waals surface area (Å²) in [5, 5.41) is 20.2. The maximum atomic E-state index is 12.0. The van der Waals surface area contributed by atoms with E-state index in [0.29, 0.717) is 29.4 Å². The molecule has 1 aliphatic carbocycles. The number of carbonyl (C=O) groups is 1. The van der Waals surface area contributed by atoms with Crippen molar-refractivity contribution in [3.05, 3.63) is 70.1 Å². The standard InChI is InChI=1S/C24H23ClN6O2/c25-14-8-9-16-19(13-14)29-18-6-2-1-5-15(18)21(16)28-12-10-17-22(23(26)32)30-31(24(17)33)20-7-3-4-11-27-20/h3-4,7-9,11,13,33H,1-2,5-6,10,12H2,(H2,26,32)(H,28,29). The van der Waals surface area contributed by atoms with E-state index in [4.69, 9.17) is 22.3 Å². The molecule has 4 aromatic rings. The van der Waals surface area contributed by atoms with Gasteiger partial charge in [-0.25, -0.2) is 4.98 Å². The maximum absolute atomic E-state index is 12.0. The van der Waals surface area contributed by atoms with E-state index in [2.05, 4.69) is 15.4 Å². The van der Waals surface area contributed by atoms with E-state index < -0.39 is 5.91 Å². The van der Waals surface area contributed by atoms with Crippen LogP contribution in [0.3, 0.4) is 0 Å². The Balaban J connectivity index is 1.47. The number of nitrogens with one attached hydrogen (secondary N) is 1. The second-order valence-corrected chi connectivity index (χ2v) is 8.51. The van der Waals surface area contributed by atoms with Crippen molar-refractivity contribution in [1.29, 1.82) is 0 Å². The Labute approximate surface area is 195 Å². The van der Waals surface area contributed by atoms with Gasteiger partial charge in [0, 0.05) is 40.1 Å². The van der Waals surface area contributed by atoms with Crippen LogP contribution in [0.5, 0.6) is 5.88 Å². The van der Waals surface area contributed by atoms with Gasteiger partial charge < -0.3 is 16.2 Å². The molecule has 3 aromatic heterocycles. The van der Waals surface area contributed by atoms with Crippen molar-refractivity contribution < 1.29 is 9.90 Å². The van der Waals surface area contributed by atoms with Gasteiger partial charge in [0.1, 0.15) is 0 Å². The first kappa shape index (κ1) is 21.2. The van der Waals surface area contributed by atoms with Crippen LogP contribution in [0, 0.1) is 0 Å². The number of amides is 1. The van der Waals surface area contributed by atoms with Crippen molar-refractivity contribution in [1.82, 2.24) is 19.7 Å². The Bertz CT molecular complexity index is 1350. The van der Waals surface area contributed by atoms with Gasteiger partial charge in [-0.05, 0) is 68.0 Å². The molecular formula is C24H23ClN6O2. The number of hydrogen-bond acceptors (Lipinski definition) is 6. The zero-order valence-corrected chi connectivity index (χ0v) is 18.6. The molecule has 1 aromatic carbocycles. The quantitative estimate of drug-likeness (QED) is 0.401. The fraction of sp³-hybridized carbons (Fsp3) is 0.250. The highest BCUT2D eigenvalue weighted by molar-refractivity contribution is 6.31. The van der Waals surface area contributed by atoms with Gasteiger partial charge in [-0.1, -0.05) is 17.7 Å². The van der Waals surface area contributed by atoms with Crippen LogP contribution in [0.4, 0.5) is 5.69 Å². The van der Waals surface area contributed by atoms with Gasteiger partial charge in [-0.2, -0.15) is 9.78 Å². The van der Waals surface area contributed by atoms with E-state index in [0.717, 1.165) is 48.0 Å². The molecule has 4 N–H and O–H groups in total. The highest BCUT2D eigenvalue weighted by atomic mass is 35.5. The third kappa shape index (κ3) is 3.98. The van der Waals surface area contributed by atoms with E-state index in [1.807, 2.05) is 18.2 Å². The van der Waals surface area contributed by atoms with E-state index in [9.17, 15) is 9.90 Å². The summed E-state index contributed by atoms with van der Waals surface area (Å²) >= 11 is 6.21. The molecule has 0 bridgehead atoms. The molecular weight excluding hydrogens is 440 g/mol. The van der Waals surface area contributed by atoms with Crippen molar-refractivity contribution in [3.63, 3.8) is 0 Å². The molecule has 0 aliphatic heterocycles. The SMILES string of the molecule is NC(=O)c1nn(-c2ccccn2)c(O)c1CCNc1c2c(nc3cc(Cl)ccc13)CCCC2. The Morgan fingerprint density at radius 1 is 1.21 bits per heavy atom. The van der Waals surface area contributed by atoms with Crippen LogP contribution < -0.4 is 11.1 Å². The molecule has 0 atom stereocenters. The van der Waals surface area contributed by atoms with Gasteiger partial charge in [0.25, 0.3) is 5.91 Å². The highest BCUT2D eigenvalue weighted by Crippen LogP contribution is 2.34. The molecule has 0 saturated carbocycles. The lowest BCUT2D eigenvalue weighted by Gasteiger charge is -2.22. The number of halogens is 1. The maximum Gasteiger partial charge on any atom is 0.269 e. The first-order valence-electron chi connectivity index (χ1n) is 10.9. The van der Waals surface area contributed by atoms with Crippen molar-refractivity contribution in [3.8, 4) is 11.7 Å². The summed E-state index contributed by atoms with van der Waals surface area (Å²) in [6, 6.07) is 11.0. The Morgan fingerprint density at radius 2 is 2.06 bits per heavy atom. The van der Waals surface area contributed by atoms with E-state index in [-0.39, 0.29) is 11.6 Å². The molecule has 0 radical (unpaired) electrons. The predicted molar refractivity (Wildman–Crippen MR) is 127 cm³/mol. The van der Waals surface area contributed by atoms with Crippen molar-refractivity contribution in [2.45, 2.75) is 32.1 Å². The second kappa shape index (κ2) is 8.71. The van der Waals surface area contributed by atoms with Crippen molar-refractivity contribution in [2.75, 3.05) is 11.9 Å². The number of rotatable bonds is 6. The lowest BCUT2D eigenvalue weighted by molar-refractivity contribution is 0.0994. The van der Waals surface area contributed by atoms with Crippen LogP contribution in [0.1, 0.15) is 40.2 Å². The number of pyridine rings is 2. The average molecular weight is 463 g/mol. The Hall–Kier alpha value is -3.65. The summed E-state index contributed by atoms with van der Waals surface area (Å²) < 4.78 is 1.24. The third-order valence-corrected chi connectivity index (χ3v) is 6.19. The molecule has 0 unspecified atom stereocenters. The minimum atomic E-state index is -0.698. The van der Waals surface area contributed by atoms with Gasteiger partial charge >= 0.3 is 0 Å². The topological polar surface area (TPSA) is 119 Å². The molecule has 0 fully saturated rings. The summed E-state index contributed by atoms with van der Waals surface area (Å²) in [4.78, 5) is 21.1. The van der Waals surface area contributed by atoms with Crippen LogP contribution in [0.25, 0.3) is 16.7 Å². The summed E-state index contributed by atoms with van der Waals surface area (Å²) in [5.41, 5.74) is 10.2. The first-order chi connectivity index (χ1) is 16.0. The summed E-state index contributed by atoms with van der Waals surface area (Å²) in [6.45, 7) is 0.468. The smallest absolute Gasteiger partial charge is 0.269 e. The molecule has 8 nitrogen and oxygen atoms in total. The lowest BCUT2D eigenvalue weighted by Crippen LogP contribution is -2.17. The number of nitrogens with zero attached hydrogens (tertiary/aromatic N) is 4. The van der Waals surface area contributed by atoms with Crippen molar-refractivity contribution in [2.24, 2.45) is 5.73 Å². The monoisotopic (exact) mass is 462 g/mol. The number of benzene rings is 1. The molecule has 1 amide bonds. The molecule has 33 heavy (non-hydrogen) atoms. The number of primary amides is 1. The van der Waals surface area contributed by atoms with Crippen molar-refractivity contribution >= 4 is 34.1 Å². The number of hydrogen-bond donors (Lipinski definition) is 3. The second-order valence-electron chi connectivity index (χ2n) is 8.07. The number of aromatic hydroxyl groups is 1. The normalized spacial score (nSPS) is 13.1. The molecule has 168 valence electrons. The number of anilines is 1. The Morgan fingerprint density at radius 3 is 2.85 bits per heavy atom. The predicted octanol–water partition coefficient (Wildman–Crippen LogP) is 3.81. The van der Waals surface area contributed by atoms with E-state index >= 15 is 0 Å². The minimum absolute atomic E-state index is 0.0355. The number of aromatic nitrogens is 4. The van der Waals surface area contributed by atoms with Gasteiger partial charge in [-0.15, -0.1) is 0 Å². The molecule has 5 rings (SSSR count). The number of aryl methyl sites for hydroxylation is 1. The average Bonchev–Trinajstić information content (AvgIpc) is 3.15. The lowest BCUT2D eigenvalue weighted by atomic mass is 9.92. The van der Waals surface area contributed by atoms with Crippen LogP contribution in [-0.4, -0.2) is 37.3 Å². The van der Waals surface area contributed by atoms with Crippen LogP contribution in [0.15, 0.2) is 42.6 Å². The molecule has 3 heterocycles. The minimum Gasteiger partial charge on any atom is -0.493 e. The zero-order chi connectivity index (χ0) is 22.9. The fourth-order valence-corrected chi connectivity index (χ4v) is 4.59. The van der Waals surface area contributed by atoms with Crippen LogP contribution in [-0.2, 0) is 19.3 Å². The summed E-state index contributed by atoms with van der Waals surface area (Å²) in [7, 11) is 0. The molecule has 1 aliphatic rings. The van der Waals surface area contributed by atoms with Crippen LogP contribution in [0.2, 0.25) is 5.02 Å². The molecule has 0 saturated heterocycles. The van der Waals surface area contributed by atoms with Gasteiger partial charge in [0.15, 0.2) is 11.5 Å².